The van der Waals surface area contributed by atoms with Crippen LogP contribution in [0.4, 0.5) is 0 Å². The Hall–Kier alpha value is -0.0231. The van der Waals surface area contributed by atoms with Gasteiger partial charge in [-0.15, -0.1) is 0 Å². The molecule has 0 saturated carbocycles. The van der Waals surface area contributed by atoms with Gasteiger partial charge in [-0.25, -0.2) is 4.89 Å². The first-order valence-electron chi connectivity index (χ1n) is 6.50. The Morgan fingerprint density at radius 3 is 1.83 bits per heavy atom. The second kappa shape index (κ2) is 12.0. The standard InChI is InChI=1S/C11H26O6Si/c1-4-15-18(16-5-2,17-6-3)11-7-8-13-9-10-14-12/h12H,4-11H2,1-3H3. The lowest BCUT2D eigenvalue weighted by molar-refractivity contribution is -0.249. The summed E-state index contributed by atoms with van der Waals surface area (Å²) in [4.78, 5) is 3.91. The molecule has 0 aromatic carbocycles. The Balaban J connectivity index is 3.97. The molecule has 0 bridgehead atoms. The average molecular weight is 282 g/mol. The van der Waals surface area contributed by atoms with Gasteiger partial charge in [0.1, 0.15) is 6.61 Å². The van der Waals surface area contributed by atoms with Crippen LogP contribution in [0.1, 0.15) is 27.2 Å². The van der Waals surface area contributed by atoms with Gasteiger partial charge in [0.15, 0.2) is 0 Å². The highest BCUT2D eigenvalue weighted by atomic mass is 28.4. The van der Waals surface area contributed by atoms with Gasteiger partial charge < -0.3 is 18.0 Å². The minimum Gasteiger partial charge on any atom is -0.379 e. The molecule has 0 aromatic heterocycles. The van der Waals surface area contributed by atoms with Crippen molar-refractivity contribution in [1.82, 2.24) is 0 Å². The summed E-state index contributed by atoms with van der Waals surface area (Å²) in [5.74, 6) is 0. The van der Waals surface area contributed by atoms with Gasteiger partial charge in [-0.2, -0.15) is 0 Å². The van der Waals surface area contributed by atoms with E-state index < -0.39 is 8.80 Å². The van der Waals surface area contributed by atoms with Gasteiger partial charge in [0, 0.05) is 32.5 Å². The Labute approximate surface area is 110 Å². The fraction of sp³-hybridized carbons (Fsp3) is 1.00. The Kier molecular flexibility index (Phi) is 12.0. The number of ether oxygens (including phenoxy) is 1. The van der Waals surface area contributed by atoms with E-state index in [4.69, 9.17) is 23.3 Å². The summed E-state index contributed by atoms with van der Waals surface area (Å²) in [5.41, 5.74) is 0. The van der Waals surface area contributed by atoms with Crippen molar-refractivity contribution in [3.8, 4) is 0 Å². The molecule has 0 aromatic rings. The van der Waals surface area contributed by atoms with Gasteiger partial charge in [0.2, 0.25) is 0 Å². The molecule has 0 aliphatic heterocycles. The van der Waals surface area contributed by atoms with Gasteiger partial charge in [-0.05, 0) is 27.2 Å². The van der Waals surface area contributed by atoms with Crippen LogP contribution in [0.5, 0.6) is 0 Å². The van der Waals surface area contributed by atoms with Crippen molar-refractivity contribution in [2.24, 2.45) is 0 Å². The van der Waals surface area contributed by atoms with Crippen molar-refractivity contribution in [3.05, 3.63) is 0 Å². The van der Waals surface area contributed by atoms with E-state index in [1.165, 1.54) is 0 Å². The van der Waals surface area contributed by atoms with Crippen LogP contribution in [-0.4, -0.2) is 53.7 Å². The molecule has 0 fully saturated rings. The van der Waals surface area contributed by atoms with Crippen molar-refractivity contribution in [3.63, 3.8) is 0 Å². The number of hydrogen-bond acceptors (Lipinski definition) is 6. The molecule has 7 heteroatoms. The molecule has 0 unspecified atom stereocenters. The summed E-state index contributed by atoms with van der Waals surface area (Å²) in [7, 11) is -2.52. The highest BCUT2D eigenvalue weighted by Gasteiger charge is 2.39. The van der Waals surface area contributed by atoms with E-state index >= 15 is 0 Å². The molecule has 0 rings (SSSR count). The van der Waals surface area contributed by atoms with Gasteiger partial charge in [-0.3, -0.25) is 5.26 Å². The first-order chi connectivity index (χ1) is 8.74. The van der Waals surface area contributed by atoms with Gasteiger partial charge in [0.05, 0.1) is 6.61 Å². The van der Waals surface area contributed by atoms with E-state index in [1.807, 2.05) is 20.8 Å². The predicted molar refractivity (Wildman–Crippen MR) is 69.5 cm³/mol. The zero-order valence-corrected chi connectivity index (χ0v) is 12.6. The normalized spacial score (nSPS) is 12.0. The van der Waals surface area contributed by atoms with Gasteiger partial charge in [0.25, 0.3) is 0 Å². The lowest BCUT2D eigenvalue weighted by Crippen LogP contribution is -2.46. The maximum Gasteiger partial charge on any atom is 0.501 e. The van der Waals surface area contributed by atoms with Crippen molar-refractivity contribution in [2.75, 3.05) is 39.6 Å². The van der Waals surface area contributed by atoms with Gasteiger partial charge in [-0.1, -0.05) is 0 Å². The third-order valence-electron chi connectivity index (χ3n) is 2.18. The Bertz CT molecular complexity index is 164. The lowest BCUT2D eigenvalue weighted by Gasteiger charge is -2.28. The van der Waals surface area contributed by atoms with Crippen LogP contribution >= 0.6 is 0 Å². The predicted octanol–water partition coefficient (Wildman–Crippen LogP) is 1.93. The summed E-state index contributed by atoms with van der Waals surface area (Å²) >= 11 is 0. The Morgan fingerprint density at radius 1 is 0.833 bits per heavy atom. The number of rotatable bonds is 13. The third-order valence-corrected chi connectivity index (χ3v) is 5.33. The molecule has 0 heterocycles. The van der Waals surface area contributed by atoms with Crippen LogP contribution in [0.25, 0.3) is 0 Å². The average Bonchev–Trinajstić information content (AvgIpc) is 2.35. The summed E-state index contributed by atoms with van der Waals surface area (Å²) in [6.07, 6.45) is 0.803. The molecular formula is C11H26O6Si. The van der Waals surface area contributed by atoms with E-state index in [-0.39, 0.29) is 6.61 Å². The topological polar surface area (TPSA) is 66.4 Å². The van der Waals surface area contributed by atoms with Gasteiger partial charge >= 0.3 is 8.80 Å². The molecule has 18 heavy (non-hydrogen) atoms. The van der Waals surface area contributed by atoms with E-state index in [0.717, 1.165) is 12.5 Å². The SMILES string of the molecule is CCO[Si](CCCOCCOO)(OCC)OCC. The highest BCUT2D eigenvalue weighted by Crippen LogP contribution is 2.18. The maximum atomic E-state index is 8.13. The van der Waals surface area contributed by atoms with Crippen LogP contribution in [-0.2, 0) is 22.9 Å². The quantitative estimate of drug-likeness (QED) is 0.241. The number of hydrogen-bond donors (Lipinski definition) is 1. The first kappa shape index (κ1) is 18.0. The lowest BCUT2D eigenvalue weighted by atomic mass is 10.5. The summed E-state index contributed by atoms with van der Waals surface area (Å²) in [6.45, 7) is 8.72. The largest absolute Gasteiger partial charge is 0.501 e. The molecule has 0 radical (unpaired) electrons. The fourth-order valence-electron chi connectivity index (χ4n) is 1.59. The summed E-state index contributed by atoms with van der Waals surface area (Å²) < 4.78 is 22.4. The molecule has 1 N–H and O–H groups in total. The van der Waals surface area contributed by atoms with Crippen molar-refractivity contribution >= 4 is 8.80 Å². The minimum absolute atomic E-state index is 0.185. The van der Waals surface area contributed by atoms with Crippen molar-refractivity contribution < 1.29 is 28.2 Å². The monoisotopic (exact) mass is 282 g/mol. The molecule has 6 nitrogen and oxygen atoms in total. The van der Waals surface area contributed by atoms with Crippen molar-refractivity contribution in [2.45, 2.75) is 33.2 Å². The molecule has 0 atom stereocenters. The third kappa shape index (κ3) is 8.14. The van der Waals surface area contributed by atoms with Crippen LogP contribution in [0.15, 0.2) is 0 Å². The second-order valence-corrected chi connectivity index (χ2v) is 6.26. The molecule has 0 aliphatic carbocycles. The molecule has 0 amide bonds. The Morgan fingerprint density at radius 2 is 1.39 bits per heavy atom. The maximum absolute atomic E-state index is 8.13. The summed E-state index contributed by atoms with van der Waals surface area (Å²) in [5, 5.41) is 8.13. The molecular weight excluding hydrogens is 256 g/mol. The molecule has 0 saturated heterocycles. The molecule has 0 aliphatic rings. The smallest absolute Gasteiger partial charge is 0.379 e. The minimum atomic E-state index is -2.52. The van der Waals surface area contributed by atoms with E-state index in [1.54, 1.807) is 0 Å². The van der Waals surface area contributed by atoms with E-state index in [2.05, 4.69) is 4.89 Å². The van der Waals surface area contributed by atoms with Crippen molar-refractivity contribution in [1.29, 1.82) is 0 Å². The molecule has 110 valence electrons. The highest BCUT2D eigenvalue weighted by molar-refractivity contribution is 6.60. The van der Waals surface area contributed by atoms with Crippen LogP contribution in [0, 0.1) is 0 Å². The van der Waals surface area contributed by atoms with E-state index in [9.17, 15) is 0 Å². The molecule has 0 spiro atoms. The zero-order valence-electron chi connectivity index (χ0n) is 11.6. The zero-order chi connectivity index (χ0) is 13.7. The second-order valence-electron chi connectivity index (χ2n) is 3.53. The first-order valence-corrected chi connectivity index (χ1v) is 8.43. The van der Waals surface area contributed by atoms with Crippen LogP contribution in [0.2, 0.25) is 6.04 Å². The van der Waals surface area contributed by atoms with E-state index in [0.29, 0.717) is 33.0 Å². The summed E-state index contributed by atoms with van der Waals surface area (Å²) in [6, 6.07) is 0.739. The fourth-order valence-corrected chi connectivity index (χ4v) is 4.17. The van der Waals surface area contributed by atoms with Crippen LogP contribution in [0.3, 0.4) is 0 Å². The van der Waals surface area contributed by atoms with Crippen LogP contribution < -0.4 is 0 Å².